The Labute approximate surface area is 85.0 Å². The standard InChI is InChI=1S/C10H19NO3/c1-10(5-3-6-11-8-10)14-7-4-9(12)13-2/h11H,3-8H2,1-2H3. The maximum absolute atomic E-state index is 10.8. The molecule has 0 aromatic heterocycles. The summed E-state index contributed by atoms with van der Waals surface area (Å²) in [6.45, 7) is 4.46. The molecular weight excluding hydrogens is 182 g/mol. The van der Waals surface area contributed by atoms with E-state index in [1.807, 2.05) is 0 Å². The van der Waals surface area contributed by atoms with E-state index in [4.69, 9.17) is 4.74 Å². The molecule has 1 rings (SSSR count). The summed E-state index contributed by atoms with van der Waals surface area (Å²) in [7, 11) is 1.40. The van der Waals surface area contributed by atoms with E-state index in [1.54, 1.807) is 0 Å². The lowest BCUT2D eigenvalue weighted by Gasteiger charge is -2.34. The topological polar surface area (TPSA) is 47.6 Å². The molecule has 0 amide bonds. The van der Waals surface area contributed by atoms with Gasteiger partial charge in [0.05, 0.1) is 25.7 Å². The maximum atomic E-state index is 10.8. The summed E-state index contributed by atoms with van der Waals surface area (Å²) >= 11 is 0. The van der Waals surface area contributed by atoms with Crippen LogP contribution in [0.2, 0.25) is 0 Å². The third-order valence-electron chi connectivity index (χ3n) is 2.54. The highest BCUT2D eigenvalue weighted by Crippen LogP contribution is 2.19. The van der Waals surface area contributed by atoms with Crippen molar-refractivity contribution in [3.63, 3.8) is 0 Å². The van der Waals surface area contributed by atoms with Crippen LogP contribution in [0.1, 0.15) is 26.2 Å². The van der Waals surface area contributed by atoms with Crippen molar-refractivity contribution in [2.75, 3.05) is 26.8 Å². The molecule has 1 atom stereocenters. The molecule has 0 aromatic carbocycles. The van der Waals surface area contributed by atoms with Crippen molar-refractivity contribution in [3.05, 3.63) is 0 Å². The molecule has 1 heterocycles. The Bertz CT molecular complexity index is 188. The van der Waals surface area contributed by atoms with Crippen LogP contribution in [0.3, 0.4) is 0 Å². The zero-order valence-electron chi connectivity index (χ0n) is 8.97. The van der Waals surface area contributed by atoms with E-state index in [2.05, 4.69) is 17.0 Å². The van der Waals surface area contributed by atoms with Crippen LogP contribution in [-0.2, 0) is 14.3 Å². The second-order valence-corrected chi connectivity index (χ2v) is 3.90. The Hall–Kier alpha value is -0.610. The Morgan fingerprint density at radius 3 is 2.93 bits per heavy atom. The minimum Gasteiger partial charge on any atom is -0.469 e. The molecular formula is C10H19NO3. The predicted octanol–water partition coefficient (Wildman–Crippen LogP) is 0.708. The summed E-state index contributed by atoms with van der Waals surface area (Å²) in [5.41, 5.74) is -0.105. The molecule has 82 valence electrons. The van der Waals surface area contributed by atoms with Crippen LogP contribution in [0, 0.1) is 0 Å². The van der Waals surface area contributed by atoms with Crippen LogP contribution in [0.5, 0.6) is 0 Å². The number of piperidine rings is 1. The first-order chi connectivity index (χ1) is 6.66. The van der Waals surface area contributed by atoms with Gasteiger partial charge in [-0.25, -0.2) is 0 Å². The number of carbonyl (C=O) groups is 1. The fourth-order valence-corrected chi connectivity index (χ4v) is 1.63. The van der Waals surface area contributed by atoms with Gasteiger partial charge in [-0.2, -0.15) is 0 Å². The lowest BCUT2D eigenvalue weighted by molar-refractivity contribution is -0.143. The fourth-order valence-electron chi connectivity index (χ4n) is 1.63. The number of carbonyl (C=O) groups excluding carboxylic acids is 1. The number of hydrogen-bond acceptors (Lipinski definition) is 4. The van der Waals surface area contributed by atoms with Crippen LogP contribution >= 0.6 is 0 Å². The van der Waals surface area contributed by atoms with Crippen LogP contribution < -0.4 is 5.32 Å². The van der Waals surface area contributed by atoms with Crippen LogP contribution in [-0.4, -0.2) is 38.4 Å². The van der Waals surface area contributed by atoms with Gasteiger partial charge in [-0.1, -0.05) is 0 Å². The maximum Gasteiger partial charge on any atom is 0.307 e. The second kappa shape index (κ2) is 5.32. The summed E-state index contributed by atoms with van der Waals surface area (Å²) in [4.78, 5) is 10.8. The molecule has 1 saturated heterocycles. The lowest BCUT2D eigenvalue weighted by Crippen LogP contribution is -2.45. The average Bonchev–Trinajstić information content (AvgIpc) is 2.18. The van der Waals surface area contributed by atoms with Gasteiger partial charge in [-0.05, 0) is 26.3 Å². The van der Waals surface area contributed by atoms with Gasteiger partial charge < -0.3 is 14.8 Å². The Kier molecular flexibility index (Phi) is 4.35. The molecule has 14 heavy (non-hydrogen) atoms. The number of ether oxygens (including phenoxy) is 2. The van der Waals surface area contributed by atoms with Crippen molar-refractivity contribution in [3.8, 4) is 0 Å². The third-order valence-corrected chi connectivity index (χ3v) is 2.54. The van der Waals surface area contributed by atoms with E-state index in [1.165, 1.54) is 7.11 Å². The minimum absolute atomic E-state index is 0.105. The zero-order valence-corrected chi connectivity index (χ0v) is 8.97. The normalized spacial score (nSPS) is 27.3. The Balaban J connectivity index is 2.18. The summed E-state index contributed by atoms with van der Waals surface area (Å²) in [6, 6.07) is 0. The molecule has 0 radical (unpaired) electrons. The van der Waals surface area contributed by atoms with E-state index in [0.29, 0.717) is 13.0 Å². The summed E-state index contributed by atoms with van der Waals surface area (Å²) in [6.07, 6.45) is 2.53. The van der Waals surface area contributed by atoms with Gasteiger partial charge in [-0.3, -0.25) is 4.79 Å². The first kappa shape index (κ1) is 11.5. The van der Waals surface area contributed by atoms with Gasteiger partial charge in [0, 0.05) is 6.54 Å². The van der Waals surface area contributed by atoms with E-state index in [-0.39, 0.29) is 11.6 Å². The summed E-state index contributed by atoms with van der Waals surface area (Å²) in [5.74, 6) is -0.211. The molecule has 1 unspecified atom stereocenters. The van der Waals surface area contributed by atoms with Crippen molar-refractivity contribution >= 4 is 5.97 Å². The average molecular weight is 201 g/mol. The highest BCUT2D eigenvalue weighted by molar-refractivity contribution is 5.69. The minimum atomic E-state index is -0.211. The van der Waals surface area contributed by atoms with E-state index in [9.17, 15) is 4.79 Å². The molecule has 4 nitrogen and oxygen atoms in total. The highest BCUT2D eigenvalue weighted by atomic mass is 16.5. The molecule has 0 saturated carbocycles. The number of methoxy groups -OCH3 is 1. The predicted molar refractivity (Wildman–Crippen MR) is 53.1 cm³/mol. The van der Waals surface area contributed by atoms with Crippen molar-refractivity contribution in [2.45, 2.75) is 31.8 Å². The van der Waals surface area contributed by atoms with Crippen LogP contribution in [0.4, 0.5) is 0 Å². The van der Waals surface area contributed by atoms with E-state index >= 15 is 0 Å². The molecule has 0 spiro atoms. The molecule has 4 heteroatoms. The molecule has 1 N–H and O–H groups in total. The van der Waals surface area contributed by atoms with Crippen LogP contribution in [0.25, 0.3) is 0 Å². The molecule has 1 aliphatic rings. The number of nitrogens with one attached hydrogen (secondary N) is 1. The zero-order chi connectivity index (χ0) is 10.4. The van der Waals surface area contributed by atoms with Crippen LogP contribution in [0.15, 0.2) is 0 Å². The number of rotatable bonds is 4. The van der Waals surface area contributed by atoms with Crippen molar-refractivity contribution in [1.82, 2.24) is 5.32 Å². The van der Waals surface area contributed by atoms with Gasteiger partial charge in [-0.15, -0.1) is 0 Å². The quantitative estimate of drug-likeness (QED) is 0.680. The molecule has 0 aliphatic carbocycles. The van der Waals surface area contributed by atoms with Gasteiger partial charge in [0.25, 0.3) is 0 Å². The third kappa shape index (κ3) is 3.64. The summed E-state index contributed by atoms with van der Waals surface area (Å²) in [5, 5.41) is 3.29. The van der Waals surface area contributed by atoms with Gasteiger partial charge in [0.2, 0.25) is 0 Å². The molecule has 0 bridgehead atoms. The second-order valence-electron chi connectivity index (χ2n) is 3.90. The number of hydrogen-bond donors (Lipinski definition) is 1. The van der Waals surface area contributed by atoms with Gasteiger partial charge in [0.15, 0.2) is 0 Å². The number of esters is 1. The van der Waals surface area contributed by atoms with Gasteiger partial charge in [0.1, 0.15) is 0 Å². The lowest BCUT2D eigenvalue weighted by atomic mass is 9.96. The Morgan fingerprint density at radius 2 is 2.36 bits per heavy atom. The SMILES string of the molecule is COC(=O)CCOC1(C)CCCNC1. The fraction of sp³-hybridized carbons (Fsp3) is 0.900. The smallest absolute Gasteiger partial charge is 0.307 e. The van der Waals surface area contributed by atoms with E-state index < -0.39 is 0 Å². The monoisotopic (exact) mass is 201 g/mol. The van der Waals surface area contributed by atoms with Gasteiger partial charge >= 0.3 is 5.97 Å². The van der Waals surface area contributed by atoms with Crippen molar-refractivity contribution < 1.29 is 14.3 Å². The van der Waals surface area contributed by atoms with E-state index in [0.717, 1.165) is 25.9 Å². The summed E-state index contributed by atoms with van der Waals surface area (Å²) < 4.78 is 10.2. The first-order valence-electron chi connectivity index (χ1n) is 5.08. The molecule has 1 aliphatic heterocycles. The van der Waals surface area contributed by atoms with Crippen molar-refractivity contribution in [2.24, 2.45) is 0 Å². The highest BCUT2D eigenvalue weighted by Gasteiger charge is 2.27. The Morgan fingerprint density at radius 1 is 1.57 bits per heavy atom. The first-order valence-corrected chi connectivity index (χ1v) is 5.08. The van der Waals surface area contributed by atoms with Crippen molar-refractivity contribution in [1.29, 1.82) is 0 Å². The molecule has 0 aromatic rings. The molecule has 1 fully saturated rings. The largest absolute Gasteiger partial charge is 0.469 e.